The molecule has 0 spiro atoms. The Balaban J connectivity index is 1.89. The molecule has 0 unspecified atom stereocenters. The summed E-state index contributed by atoms with van der Waals surface area (Å²) in [6.45, 7) is 1.80. The fourth-order valence-corrected chi connectivity index (χ4v) is 3.16. The molecule has 9 heteroatoms. The molecule has 1 aromatic carbocycles. The Bertz CT molecular complexity index is 770. The van der Waals surface area contributed by atoms with Crippen molar-refractivity contribution in [2.24, 2.45) is 0 Å². The number of hydrogen-bond acceptors (Lipinski definition) is 5. The van der Waals surface area contributed by atoms with Gasteiger partial charge in [0.15, 0.2) is 0 Å². The Morgan fingerprint density at radius 3 is 2.57 bits per heavy atom. The highest BCUT2D eigenvalue weighted by atomic mass is 16.4. The van der Waals surface area contributed by atoms with Crippen LogP contribution < -0.4 is 10.6 Å². The average molecular weight is 393 g/mol. The minimum Gasteiger partial charge on any atom is -0.480 e. The van der Waals surface area contributed by atoms with E-state index in [4.69, 9.17) is 1.37 Å². The van der Waals surface area contributed by atoms with E-state index in [2.05, 4.69) is 10.6 Å². The predicted octanol–water partition coefficient (Wildman–Crippen LogP) is 0.912. The average Bonchev–Trinajstić information content (AvgIpc) is 3.16. The van der Waals surface area contributed by atoms with Gasteiger partial charge in [-0.05, 0) is 38.3 Å². The third-order valence-electron chi connectivity index (χ3n) is 4.60. The molecule has 1 aromatic rings. The van der Waals surface area contributed by atoms with E-state index in [1.54, 1.807) is 12.1 Å². The second-order valence-electron chi connectivity index (χ2n) is 6.68. The van der Waals surface area contributed by atoms with E-state index in [0.717, 1.165) is 0 Å². The van der Waals surface area contributed by atoms with E-state index in [1.807, 2.05) is 0 Å². The monoisotopic (exact) mass is 393 g/mol. The summed E-state index contributed by atoms with van der Waals surface area (Å²) in [6.07, 6.45) is 0.823. The maximum absolute atomic E-state index is 12.5. The van der Waals surface area contributed by atoms with Gasteiger partial charge >= 0.3 is 11.9 Å². The summed E-state index contributed by atoms with van der Waals surface area (Å²) < 4.78 is 7.41. The predicted molar refractivity (Wildman–Crippen MR) is 101 cm³/mol. The highest BCUT2D eigenvalue weighted by Gasteiger charge is 2.36. The van der Waals surface area contributed by atoms with Gasteiger partial charge in [-0.15, -0.1) is 0 Å². The van der Waals surface area contributed by atoms with Crippen LogP contribution in [0.4, 0.5) is 5.69 Å². The van der Waals surface area contributed by atoms with E-state index in [0.29, 0.717) is 31.1 Å². The lowest BCUT2D eigenvalue weighted by Gasteiger charge is -2.27. The molecule has 4 N–H and O–H groups in total. The molecule has 2 amide bonds. The third-order valence-corrected chi connectivity index (χ3v) is 4.60. The Kier molecular flexibility index (Phi) is 6.96. The van der Waals surface area contributed by atoms with Gasteiger partial charge in [-0.2, -0.15) is 0 Å². The molecule has 0 aromatic heterocycles. The van der Waals surface area contributed by atoms with Crippen molar-refractivity contribution in [3.63, 3.8) is 0 Å². The summed E-state index contributed by atoms with van der Waals surface area (Å²) in [5.41, 5.74) is 0.503. The molecule has 1 heterocycles. The number of para-hydroxylation sites is 1. The van der Waals surface area contributed by atoms with Crippen LogP contribution in [0.2, 0.25) is 0 Å². The number of hydrogen-bond donors (Lipinski definition) is 4. The number of likely N-dealkylation sites (tertiary alicyclic amines) is 1. The zero-order chi connectivity index (χ0) is 21.6. The smallest absolute Gasteiger partial charge is 0.326 e. The summed E-state index contributed by atoms with van der Waals surface area (Å²) in [7, 11) is 0. The molecule has 1 saturated heterocycles. The van der Waals surface area contributed by atoms with Crippen molar-refractivity contribution in [2.75, 3.05) is 11.9 Å². The second kappa shape index (κ2) is 9.84. The van der Waals surface area contributed by atoms with Gasteiger partial charge in [-0.3, -0.25) is 19.7 Å². The first-order valence-electron chi connectivity index (χ1n) is 9.57. The van der Waals surface area contributed by atoms with Crippen LogP contribution in [-0.4, -0.2) is 63.5 Å². The van der Waals surface area contributed by atoms with E-state index >= 15 is 0 Å². The number of carboxylic acids is 2. The van der Waals surface area contributed by atoms with Crippen molar-refractivity contribution in [3.8, 4) is 0 Å². The Labute approximate surface area is 164 Å². The third kappa shape index (κ3) is 5.78. The van der Waals surface area contributed by atoms with Crippen molar-refractivity contribution < 1.29 is 30.8 Å². The number of rotatable bonds is 9. The molecular weight excluding hydrogens is 366 g/mol. The number of carboxylic acid groups (broad SMARTS) is 2. The maximum atomic E-state index is 12.5. The summed E-state index contributed by atoms with van der Waals surface area (Å²) in [6, 6.07) is 3.56. The van der Waals surface area contributed by atoms with E-state index < -0.39 is 36.0 Å². The normalized spacial score (nSPS) is 18.8. The van der Waals surface area contributed by atoms with Crippen molar-refractivity contribution in [2.45, 2.75) is 50.7 Å². The van der Waals surface area contributed by atoms with Gasteiger partial charge in [-0.1, -0.05) is 18.2 Å². The Morgan fingerprint density at radius 2 is 1.96 bits per heavy atom. The first kappa shape index (κ1) is 19.8. The standard InChI is InChI=1S/C19H25N3O6/c1-12(17(24)22-11-5-8-15(22)19(27)28)20-14(18(25)26)9-10-16(23)21-13-6-3-2-4-7-13/h2-4,6-7,12,14-15,20H,5,8-11H2,1H3,(H,21,23)(H,25,26)(H,27,28)/t12-,14-,15-/m0/s1/i2T. The Morgan fingerprint density at radius 1 is 1.29 bits per heavy atom. The van der Waals surface area contributed by atoms with Crippen LogP contribution in [0.3, 0.4) is 0 Å². The molecule has 3 atom stereocenters. The highest BCUT2D eigenvalue weighted by Crippen LogP contribution is 2.18. The minimum atomic E-state index is -1.20. The Hall–Kier alpha value is -2.94. The lowest BCUT2D eigenvalue weighted by Crippen LogP contribution is -2.53. The van der Waals surface area contributed by atoms with Crippen LogP contribution in [0.1, 0.15) is 34.0 Å². The molecule has 1 fully saturated rings. The van der Waals surface area contributed by atoms with Gasteiger partial charge in [0.1, 0.15) is 12.1 Å². The zero-order valence-electron chi connectivity index (χ0n) is 16.6. The minimum absolute atomic E-state index is 0.0440. The number of aliphatic carboxylic acids is 2. The molecule has 0 radical (unpaired) electrons. The topological polar surface area (TPSA) is 136 Å². The SMILES string of the molecule is [3H]c1ccc(NC(=O)CC[C@H](N[C@@H](C)C(=O)N2CCC[C@H]2C(=O)O)C(=O)O)cc1. The summed E-state index contributed by atoms with van der Waals surface area (Å²) in [5.74, 6) is -3.14. The second-order valence-corrected chi connectivity index (χ2v) is 6.68. The summed E-state index contributed by atoms with van der Waals surface area (Å²) in [4.78, 5) is 48.6. The molecule has 9 nitrogen and oxygen atoms in total. The number of carbonyl (C=O) groups is 4. The van der Waals surface area contributed by atoms with Crippen molar-refractivity contribution in [1.29, 1.82) is 0 Å². The number of nitrogens with one attached hydrogen (secondary N) is 2. The van der Waals surface area contributed by atoms with E-state index in [9.17, 15) is 29.4 Å². The van der Waals surface area contributed by atoms with Gasteiger partial charge in [0.05, 0.1) is 7.41 Å². The molecule has 152 valence electrons. The lowest BCUT2D eigenvalue weighted by atomic mass is 10.1. The first-order valence-corrected chi connectivity index (χ1v) is 9.07. The summed E-state index contributed by atoms with van der Waals surface area (Å²) in [5, 5.41) is 23.9. The van der Waals surface area contributed by atoms with Crippen LogP contribution in [-0.2, 0) is 19.2 Å². The van der Waals surface area contributed by atoms with Gasteiger partial charge in [0.25, 0.3) is 0 Å². The number of carbonyl (C=O) groups excluding carboxylic acids is 2. The van der Waals surface area contributed by atoms with Gasteiger partial charge in [0.2, 0.25) is 11.8 Å². The maximum Gasteiger partial charge on any atom is 0.326 e. The molecule has 2 rings (SSSR count). The fourth-order valence-electron chi connectivity index (χ4n) is 3.16. The largest absolute Gasteiger partial charge is 0.480 e. The van der Waals surface area contributed by atoms with Crippen molar-refractivity contribution in [1.82, 2.24) is 10.2 Å². The molecule has 28 heavy (non-hydrogen) atoms. The highest BCUT2D eigenvalue weighted by molar-refractivity contribution is 5.91. The van der Waals surface area contributed by atoms with Gasteiger partial charge < -0.3 is 20.4 Å². The molecule has 0 saturated carbocycles. The van der Waals surface area contributed by atoms with Crippen molar-refractivity contribution >= 4 is 29.4 Å². The van der Waals surface area contributed by atoms with Crippen LogP contribution in [0.5, 0.6) is 0 Å². The van der Waals surface area contributed by atoms with E-state index in [-0.39, 0.29) is 18.7 Å². The zero-order valence-corrected chi connectivity index (χ0v) is 15.6. The van der Waals surface area contributed by atoms with Gasteiger partial charge in [0, 0.05) is 18.7 Å². The molecular formula is C19H25N3O6. The molecule has 0 aliphatic carbocycles. The number of anilines is 1. The lowest BCUT2D eigenvalue weighted by molar-refractivity contribution is -0.149. The molecule has 1 aliphatic heterocycles. The fraction of sp³-hybridized carbons (Fsp3) is 0.474. The summed E-state index contributed by atoms with van der Waals surface area (Å²) >= 11 is 0. The molecule has 0 bridgehead atoms. The van der Waals surface area contributed by atoms with Crippen LogP contribution >= 0.6 is 0 Å². The number of nitrogens with zero attached hydrogens (tertiary/aromatic N) is 1. The van der Waals surface area contributed by atoms with Crippen molar-refractivity contribution in [3.05, 3.63) is 30.3 Å². The quantitative estimate of drug-likeness (QED) is 0.489. The first-order chi connectivity index (χ1) is 13.7. The number of benzene rings is 1. The van der Waals surface area contributed by atoms with Gasteiger partial charge in [-0.25, -0.2) is 4.79 Å². The molecule has 1 aliphatic rings. The number of amides is 2. The van der Waals surface area contributed by atoms with Crippen LogP contribution in [0.25, 0.3) is 0 Å². The van der Waals surface area contributed by atoms with Crippen LogP contribution in [0.15, 0.2) is 30.3 Å². The van der Waals surface area contributed by atoms with E-state index in [1.165, 1.54) is 24.0 Å². The van der Waals surface area contributed by atoms with Crippen LogP contribution in [0, 0.1) is 0 Å².